The second-order valence-corrected chi connectivity index (χ2v) is 4.56. The zero-order valence-corrected chi connectivity index (χ0v) is 10.4. The molecule has 0 saturated carbocycles. The van der Waals surface area contributed by atoms with Crippen LogP contribution in [0.15, 0.2) is 6.20 Å². The molecular weight excluding hydrogens is 247 g/mol. The number of hydrogen-bond acceptors (Lipinski definition) is 3. The van der Waals surface area contributed by atoms with E-state index in [1.54, 1.807) is 0 Å². The highest BCUT2D eigenvalue weighted by Gasteiger charge is 2.37. The van der Waals surface area contributed by atoms with Crippen molar-refractivity contribution in [2.45, 2.75) is 25.7 Å². The topological polar surface area (TPSA) is 30.3 Å². The van der Waals surface area contributed by atoms with Crippen LogP contribution in [0.3, 0.4) is 0 Å². The van der Waals surface area contributed by atoms with Gasteiger partial charge in [0.2, 0.25) is 0 Å². The number of halogens is 3. The smallest absolute Gasteiger partial charge is 0.376 e. The van der Waals surface area contributed by atoms with Gasteiger partial charge in [-0.25, -0.2) is 0 Å². The van der Waals surface area contributed by atoms with Crippen LogP contribution in [0.2, 0.25) is 0 Å². The molecule has 2 heterocycles. The Morgan fingerprint density at radius 3 is 2.83 bits per heavy atom. The lowest BCUT2D eigenvalue weighted by Gasteiger charge is -2.31. The van der Waals surface area contributed by atoms with E-state index in [-0.39, 0.29) is 18.2 Å². The molecule has 0 bridgehead atoms. The maximum atomic E-state index is 12.9. The summed E-state index contributed by atoms with van der Waals surface area (Å²) < 4.78 is 44.9. The van der Waals surface area contributed by atoms with E-state index in [1.807, 2.05) is 11.8 Å². The highest BCUT2D eigenvalue weighted by Crippen LogP contribution is 2.32. The van der Waals surface area contributed by atoms with Gasteiger partial charge in [0.15, 0.2) is 0 Å². The summed E-state index contributed by atoms with van der Waals surface area (Å²) in [5.74, 6) is 0. The van der Waals surface area contributed by atoms with E-state index in [1.165, 1.54) is 13.2 Å². The monoisotopic (exact) mass is 263 g/mol. The van der Waals surface area contributed by atoms with E-state index < -0.39 is 11.9 Å². The molecule has 4 nitrogen and oxygen atoms in total. The average Bonchev–Trinajstić information content (AvgIpc) is 2.59. The average molecular weight is 263 g/mol. The molecule has 1 aliphatic heterocycles. The number of rotatable bonds is 2. The molecule has 0 spiro atoms. The molecule has 102 valence electrons. The molecule has 0 N–H and O–H groups in total. The number of aryl methyl sites for hydroxylation is 1. The van der Waals surface area contributed by atoms with E-state index in [2.05, 4.69) is 5.10 Å². The standard InChI is InChI=1S/C11H16F3N3O/c1-8-6-17(3-4-18-8)7-9-5-15-16(2)10(9)11(12,13)14/h5,8H,3-4,6-7H2,1-2H3/t8-/m0/s1. The fraction of sp³-hybridized carbons (Fsp3) is 0.727. The zero-order valence-electron chi connectivity index (χ0n) is 10.4. The Morgan fingerprint density at radius 2 is 2.22 bits per heavy atom. The van der Waals surface area contributed by atoms with Crippen LogP contribution in [0, 0.1) is 0 Å². The molecule has 1 atom stereocenters. The molecule has 2 rings (SSSR count). The van der Waals surface area contributed by atoms with Crippen LogP contribution in [-0.4, -0.2) is 40.5 Å². The van der Waals surface area contributed by atoms with Gasteiger partial charge in [0, 0.05) is 32.2 Å². The number of ether oxygens (including phenoxy) is 1. The first-order valence-corrected chi connectivity index (χ1v) is 5.80. The van der Waals surface area contributed by atoms with Gasteiger partial charge in [0.05, 0.1) is 18.9 Å². The summed E-state index contributed by atoms with van der Waals surface area (Å²) in [7, 11) is 1.31. The summed E-state index contributed by atoms with van der Waals surface area (Å²) in [6.07, 6.45) is -3.01. The molecule has 1 fully saturated rings. The Morgan fingerprint density at radius 1 is 1.50 bits per heavy atom. The van der Waals surface area contributed by atoms with Crippen molar-refractivity contribution in [3.8, 4) is 0 Å². The van der Waals surface area contributed by atoms with Crippen molar-refractivity contribution < 1.29 is 17.9 Å². The number of morpholine rings is 1. The lowest BCUT2D eigenvalue weighted by Crippen LogP contribution is -2.40. The molecule has 7 heteroatoms. The van der Waals surface area contributed by atoms with Crippen LogP contribution >= 0.6 is 0 Å². The van der Waals surface area contributed by atoms with E-state index >= 15 is 0 Å². The second-order valence-electron chi connectivity index (χ2n) is 4.56. The third kappa shape index (κ3) is 2.84. The Labute approximate surface area is 103 Å². The van der Waals surface area contributed by atoms with Crippen LogP contribution in [-0.2, 0) is 24.5 Å². The summed E-state index contributed by atoms with van der Waals surface area (Å²) in [6, 6.07) is 0. The van der Waals surface area contributed by atoms with Crippen molar-refractivity contribution >= 4 is 0 Å². The van der Waals surface area contributed by atoms with Gasteiger partial charge in [0.25, 0.3) is 0 Å². The minimum absolute atomic E-state index is 0.0600. The van der Waals surface area contributed by atoms with Crippen LogP contribution in [0.4, 0.5) is 13.2 Å². The van der Waals surface area contributed by atoms with Crippen LogP contribution in [0.1, 0.15) is 18.2 Å². The SMILES string of the molecule is C[C@H]1CN(Cc2cnn(C)c2C(F)(F)F)CCO1. The second kappa shape index (κ2) is 4.89. The van der Waals surface area contributed by atoms with Gasteiger partial charge in [-0.1, -0.05) is 0 Å². The highest BCUT2D eigenvalue weighted by atomic mass is 19.4. The molecule has 0 amide bonds. The fourth-order valence-corrected chi connectivity index (χ4v) is 2.24. The van der Waals surface area contributed by atoms with Crippen LogP contribution in [0.5, 0.6) is 0 Å². The quantitative estimate of drug-likeness (QED) is 0.813. The normalized spacial score (nSPS) is 22.4. The van der Waals surface area contributed by atoms with E-state index in [4.69, 9.17) is 4.74 Å². The first-order chi connectivity index (χ1) is 8.38. The zero-order chi connectivity index (χ0) is 13.3. The minimum atomic E-state index is -4.36. The lowest BCUT2D eigenvalue weighted by molar-refractivity contribution is -0.144. The van der Waals surface area contributed by atoms with E-state index in [0.29, 0.717) is 19.7 Å². The van der Waals surface area contributed by atoms with Crippen molar-refractivity contribution in [3.05, 3.63) is 17.5 Å². The summed E-state index contributed by atoms with van der Waals surface area (Å²) in [5.41, 5.74) is -0.444. The predicted molar refractivity (Wildman–Crippen MR) is 58.9 cm³/mol. The molecule has 18 heavy (non-hydrogen) atoms. The number of alkyl halides is 3. The van der Waals surface area contributed by atoms with Crippen molar-refractivity contribution in [2.24, 2.45) is 7.05 Å². The van der Waals surface area contributed by atoms with Gasteiger partial charge < -0.3 is 4.74 Å². The van der Waals surface area contributed by atoms with Gasteiger partial charge >= 0.3 is 6.18 Å². The summed E-state index contributed by atoms with van der Waals surface area (Å²) in [5, 5.41) is 3.71. The van der Waals surface area contributed by atoms with E-state index in [9.17, 15) is 13.2 Å². The molecule has 0 aromatic carbocycles. The molecule has 1 aliphatic rings. The van der Waals surface area contributed by atoms with Gasteiger partial charge in [0.1, 0.15) is 5.69 Å². The molecular formula is C11H16F3N3O. The van der Waals surface area contributed by atoms with Gasteiger partial charge in [-0.3, -0.25) is 9.58 Å². The van der Waals surface area contributed by atoms with E-state index in [0.717, 1.165) is 4.68 Å². The van der Waals surface area contributed by atoms with Crippen molar-refractivity contribution in [2.75, 3.05) is 19.7 Å². The van der Waals surface area contributed by atoms with Crippen LogP contribution < -0.4 is 0 Å². The fourth-order valence-electron chi connectivity index (χ4n) is 2.24. The molecule has 0 radical (unpaired) electrons. The van der Waals surface area contributed by atoms with Gasteiger partial charge in [-0.2, -0.15) is 18.3 Å². The molecule has 0 unspecified atom stereocenters. The molecule has 0 aliphatic carbocycles. The highest BCUT2D eigenvalue weighted by molar-refractivity contribution is 5.20. The summed E-state index contributed by atoms with van der Waals surface area (Å²) >= 11 is 0. The summed E-state index contributed by atoms with van der Waals surface area (Å²) in [6.45, 7) is 4.03. The summed E-state index contributed by atoms with van der Waals surface area (Å²) in [4.78, 5) is 1.96. The minimum Gasteiger partial charge on any atom is -0.376 e. The predicted octanol–water partition coefficient (Wildman–Crippen LogP) is 1.66. The Bertz CT molecular complexity index is 416. The van der Waals surface area contributed by atoms with Crippen LogP contribution in [0.25, 0.3) is 0 Å². The molecule has 1 aromatic heterocycles. The third-order valence-electron chi connectivity index (χ3n) is 3.00. The van der Waals surface area contributed by atoms with Gasteiger partial charge in [-0.15, -0.1) is 0 Å². The first-order valence-electron chi connectivity index (χ1n) is 5.80. The molecule has 1 saturated heterocycles. The third-order valence-corrected chi connectivity index (χ3v) is 3.00. The Kier molecular flexibility index (Phi) is 3.63. The number of aromatic nitrogens is 2. The molecule has 1 aromatic rings. The number of nitrogens with zero attached hydrogens (tertiary/aromatic N) is 3. The van der Waals surface area contributed by atoms with Crippen molar-refractivity contribution in [1.82, 2.24) is 14.7 Å². The first kappa shape index (κ1) is 13.4. The van der Waals surface area contributed by atoms with Crippen molar-refractivity contribution in [1.29, 1.82) is 0 Å². The Hall–Kier alpha value is -1.08. The number of hydrogen-bond donors (Lipinski definition) is 0. The van der Waals surface area contributed by atoms with Crippen molar-refractivity contribution in [3.63, 3.8) is 0 Å². The largest absolute Gasteiger partial charge is 0.433 e. The Balaban J connectivity index is 2.14. The lowest BCUT2D eigenvalue weighted by atomic mass is 10.2. The van der Waals surface area contributed by atoms with Gasteiger partial charge in [-0.05, 0) is 6.92 Å². The maximum absolute atomic E-state index is 12.9. The maximum Gasteiger partial charge on any atom is 0.433 e.